The number of hydrogen-bond donors (Lipinski definition) is 2. The molecule has 0 radical (unpaired) electrons. The fourth-order valence-corrected chi connectivity index (χ4v) is 2.87. The van der Waals surface area contributed by atoms with Crippen molar-refractivity contribution in [3.05, 3.63) is 0 Å². The molecule has 1 unspecified atom stereocenters. The van der Waals surface area contributed by atoms with E-state index in [4.69, 9.17) is 0 Å². The van der Waals surface area contributed by atoms with Crippen molar-refractivity contribution in [2.24, 2.45) is 5.41 Å². The van der Waals surface area contributed by atoms with Crippen molar-refractivity contribution < 1.29 is 14.7 Å². The van der Waals surface area contributed by atoms with E-state index in [1.165, 1.54) is 25.7 Å². The van der Waals surface area contributed by atoms with E-state index in [-0.39, 0.29) is 6.03 Å². The van der Waals surface area contributed by atoms with E-state index < -0.39 is 11.4 Å². The van der Waals surface area contributed by atoms with E-state index in [0.29, 0.717) is 32.5 Å². The number of carboxylic acid groups (broad SMARTS) is 1. The van der Waals surface area contributed by atoms with Gasteiger partial charge in [-0.1, -0.05) is 46.0 Å². The number of carboxylic acids is 1. The number of urea groups is 1. The number of rotatable bonds is 9. The summed E-state index contributed by atoms with van der Waals surface area (Å²) < 4.78 is 0. The maximum absolute atomic E-state index is 12.0. The molecule has 0 saturated carbocycles. The molecule has 5 heteroatoms. The third-order valence-electron chi connectivity index (χ3n) is 4.58. The predicted octanol–water partition coefficient (Wildman–Crippen LogP) is 3.24. The van der Waals surface area contributed by atoms with Gasteiger partial charge in [-0.3, -0.25) is 4.79 Å². The van der Waals surface area contributed by atoms with Crippen LogP contribution in [0.15, 0.2) is 0 Å². The molecule has 0 aromatic heterocycles. The molecular formula is C16H30N2O3. The van der Waals surface area contributed by atoms with Gasteiger partial charge in [0.25, 0.3) is 0 Å². The molecule has 1 rings (SSSR count). The van der Waals surface area contributed by atoms with Crippen molar-refractivity contribution in [2.45, 2.75) is 65.2 Å². The number of amides is 2. The molecule has 1 heterocycles. The van der Waals surface area contributed by atoms with Crippen molar-refractivity contribution in [1.82, 2.24) is 10.2 Å². The maximum Gasteiger partial charge on any atom is 0.317 e. The molecule has 0 aromatic rings. The lowest BCUT2D eigenvalue weighted by Crippen LogP contribution is -2.41. The summed E-state index contributed by atoms with van der Waals surface area (Å²) in [6, 6.07) is -0.111. The van der Waals surface area contributed by atoms with Crippen molar-refractivity contribution in [3.8, 4) is 0 Å². The number of aliphatic carboxylic acids is 1. The number of unbranched alkanes of at least 4 members (excludes halogenated alkanes) is 5. The van der Waals surface area contributed by atoms with Gasteiger partial charge in [0.05, 0.1) is 5.41 Å². The summed E-state index contributed by atoms with van der Waals surface area (Å²) in [5, 5.41) is 12.2. The number of carbonyl (C=O) groups is 2. The minimum atomic E-state index is -0.781. The quantitative estimate of drug-likeness (QED) is 0.642. The Labute approximate surface area is 128 Å². The van der Waals surface area contributed by atoms with Crippen LogP contribution in [0.2, 0.25) is 0 Å². The number of nitrogens with zero attached hydrogens (tertiary/aromatic N) is 1. The molecule has 122 valence electrons. The summed E-state index contributed by atoms with van der Waals surface area (Å²) in [7, 11) is 0. The number of likely N-dealkylation sites (tertiary alicyclic amines) is 1. The van der Waals surface area contributed by atoms with Crippen LogP contribution in [0.4, 0.5) is 4.79 Å². The molecule has 1 saturated heterocycles. The fraction of sp³-hybridized carbons (Fsp3) is 0.875. The highest BCUT2D eigenvalue weighted by molar-refractivity contribution is 5.79. The van der Waals surface area contributed by atoms with E-state index in [2.05, 4.69) is 12.2 Å². The van der Waals surface area contributed by atoms with E-state index in [0.717, 1.165) is 12.8 Å². The average Bonchev–Trinajstić information content (AvgIpc) is 2.92. The highest BCUT2D eigenvalue weighted by Crippen LogP contribution is 2.34. The third kappa shape index (κ3) is 5.21. The highest BCUT2D eigenvalue weighted by Gasteiger charge is 2.44. The van der Waals surface area contributed by atoms with Crippen LogP contribution in [0.3, 0.4) is 0 Å². The summed E-state index contributed by atoms with van der Waals surface area (Å²) in [6.45, 7) is 5.65. The van der Waals surface area contributed by atoms with Crippen LogP contribution in [0.25, 0.3) is 0 Å². The lowest BCUT2D eigenvalue weighted by molar-refractivity contribution is -0.148. The summed E-state index contributed by atoms with van der Waals surface area (Å²) in [6.07, 6.45) is 8.31. The number of carbonyl (C=O) groups excluding carboxylic acids is 1. The summed E-state index contributed by atoms with van der Waals surface area (Å²) in [5.41, 5.74) is -0.739. The van der Waals surface area contributed by atoms with Gasteiger partial charge in [0.2, 0.25) is 0 Å². The second kappa shape index (κ2) is 8.90. The fourth-order valence-electron chi connectivity index (χ4n) is 2.87. The molecule has 0 bridgehead atoms. The predicted molar refractivity (Wildman–Crippen MR) is 83.3 cm³/mol. The molecular weight excluding hydrogens is 268 g/mol. The molecule has 1 aliphatic rings. The Morgan fingerprint density at radius 1 is 1.14 bits per heavy atom. The Hall–Kier alpha value is -1.26. The molecule has 2 amide bonds. The van der Waals surface area contributed by atoms with Gasteiger partial charge in [0.15, 0.2) is 0 Å². The van der Waals surface area contributed by atoms with Crippen molar-refractivity contribution in [3.63, 3.8) is 0 Å². The van der Waals surface area contributed by atoms with Crippen LogP contribution in [-0.4, -0.2) is 41.6 Å². The highest BCUT2D eigenvalue weighted by atomic mass is 16.4. The molecule has 0 spiro atoms. The minimum absolute atomic E-state index is 0.111. The zero-order valence-electron chi connectivity index (χ0n) is 13.5. The van der Waals surface area contributed by atoms with Crippen molar-refractivity contribution >= 4 is 12.0 Å². The van der Waals surface area contributed by atoms with Gasteiger partial charge >= 0.3 is 12.0 Å². The first-order valence-electron chi connectivity index (χ1n) is 8.32. The first kappa shape index (κ1) is 17.8. The normalized spacial score (nSPS) is 21.5. The minimum Gasteiger partial charge on any atom is -0.481 e. The van der Waals surface area contributed by atoms with Gasteiger partial charge in [0, 0.05) is 19.6 Å². The van der Waals surface area contributed by atoms with Gasteiger partial charge in [-0.2, -0.15) is 0 Å². The van der Waals surface area contributed by atoms with Gasteiger partial charge in [0.1, 0.15) is 0 Å². The van der Waals surface area contributed by atoms with Crippen molar-refractivity contribution in [1.29, 1.82) is 0 Å². The largest absolute Gasteiger partial charge is 0.481 e. The zero-order chi connectivity index (χ0) is 15.7. The lowest BCUT2D eigenvalue weighted by atomic mass is 9.84. The first-order valence-corrected chi connectivity index (χ1v) is 8.32. The smallest absolute Gasteiger partial charge is 0.317 e. The molecule has 21 heavy (non-hydrogen) atoms. The van der Waals surface area contributed by atoms with E-state index >= 15 is 0 Å². The van der Waals surface area contributed by atoms with Crippen LogP contribution >= 0.6 is 0 Å². The lowest BCUT2D eigenvalue weighted by Gasteiger charge is -2.23. The van der Waals surface area contributed by atoms with Crippen LogP contribution in [0, 0.1) is 5.41 Å². The van der Waals surface area contributed by atoms with Gasteiger partial charge in [-0.05, 0) is 19.3 Å². The molecule has 2 N–H and O–H groups in total. The van der Waals surface area contributed by atoms with Crippen LogP contribution in [0.1, 0.15) is 65.2 Å². The van der Waals surface area contributed by atoms with Crippen LogP contribution < -0.4 is 5.32 Å². The molecule has 1 aliphatic heterocycles. The third-order valence-corrected chi connectivity index (χ3v) is 4.58. The van der Waals surface area contributed by atoms with Gasteiger partial charge < -0.3 is 15.3 Å². The second-order valence-corrected chi connectivity index (χ2v) is 6.11. The van der Waals surface area contributed by atoms with E-state index in [9.17, 15) is 14.7 Å². The Morgan fingerprint density at radius 3 is 2.38 bits per heavy atom. The zero-order valence-corrected chi connectivity index (χ0v) is 13.5. The molecule has 1 atom stereocenters. The SMILES string of the molecule is CCCCCCCCNC(=O)N1CCC(CC)(C(=O)O)C1. The molecule has 1 fully saturated rings. The molecule has 5 nitrogen and oxygen atoms in total. The number of hydrogen-bond acceptors (Lipinski definition) is 2. The van der Waals surface area contributed by atoms with Crippen LogP contribution in [0.5, 0.6) is 0 Å². The average molecular weight is 298 g/mol. The Bertz CT molecular complexity index is 346. The standard InChI is InChI=1S/C16H30N2O3/c1-3-5-6-7-8-9-11-17-15(21)18-12-10-16(4-2,13-18)14(19)20/h3-13H2,1-2H3,(H,17,21)(H,19,20). The second-order valence-electron chi connectivity index (χ2n) is 6.11. The van der Waals surface area contributed by atoms with Crippen LogP contribution in [-0.2, 0) is 4.79 Å². The maximum atomic E-state index is 12.0. The molecule has 0 aliphatic carbocycles. The van der Waals surface area contributed by atoms with Gasteiger partial charge in [-0.15, -0.1) is 0 Å². The topological polar surface area (TPSA) is 69.6 Å². The van der Waals surface area contributed by atoms with Crippen molar-refractivity contribution in [2.75, 3.05) is 19.6 Å². The Kier molecular flexibility index (Phi) is 7.54. The van der Waals surface area contributed by atoms with E-state index in [1.54, 1.807) is 4.90 Å². The summed E-state index contributed by atoms with van der Waals surface area (Å²) >= 11 is 0. The first-order chi connectivity index (χ1) is 10.1. The molecule has 0 aromatic carbocycles. The Morgan fingerprint density at radius 2 is 1.81 bits per heavy atom. The van der Waals surface area contributed by atoms with Gasteiger partial charge in [-0.25, -0.2) is 4.79 Å². The number of nitrogens with one attached hydrogen (secondary N) is 1. The summed E-state index contributed by atoms with van der Waals surface area (Å²) in [5.74, 6) is -0.781. The Balaban J connectivity index is 2.20. The van der Waals surface area contributed by atoms with E-state index in [1.807, 2.05) is 6.92 Å². The monoisotopic (exact) mass is 298 g/mol. The summed E-state index contributed by atoms with van der Waals surface area (Å²) in [4.78, 5) is 25.0.